The highest BCUT2D eigenvalue weighted by atomic mass is 19.3. The average molecular weight is 302 g/mol. The quantitative estimate of drug-likeness (QED) is 0.749. The van der Waals surface area contributed by atoms with Gasteiger partial charge in [0.05, 0.1) is 0 Å². The molecule has 0 heterocycles. The van der Waals surface area contributed by atoms with Crippen molar-refractivity contribution in [2.45, 2.75) is 51.1 Å². The van der Waals surface area contributed by atoms with Crippen LogP contribution in [0.4, 0.5) is 8.78 Å². The van der Waals surface area contributed by atoms with Crippen molar-refractivity contribution in [3.8, 4) is 0 Å². The number of esters is 2. The SMILES string of the molecule is CC1(OC(=O)COC(=O)C(F)F)C2CC3CC(C2)CC1C3. The lowest BCUT2D eigenvalue weighted by Crippen LogP contribution is -2.58. The van der Waals surface area contributed by atoms with Crippen molar-refractivity contribution in [2.75, 3.05) is 6.61 Å². The summed E-state index contributed by atoms with van der Waals surface area (Å²) in [6.45, 7) is 1.22. The van der Waals surface area contributed by atoms with Crippen LogP contribution in [0.25, 0.3) is 0 Å². The Hall–Kier alpha value is -1.20. The second-order valence-corrected chi connectivity index (χ2v) is 6.87. The Morgan fingerprint density at radius 3 is 2.10 bits per heavy atom. The van der Waals surface area contributed by atoms with Crippen molar-refractivity contribution >= 4 is 11.9 Å². The fourth-order valence-corrected chi connectivity index (χ4v) is 4.75. The van der Waals surface area contributed by atoms with Gasteiger partial charge in [-0.15, -0.1) is 0 Å². The monoisotopic (exact) mass is 302 g/mol. The molecular weight excluding hydrogens is 282 g/mol. The predicted octanol–water partition coefficient (Wildman–Crippen LogP) is 2.55. The van der Waals surface area contributed by atoms with E-state index in [-0.39, 0.29) is 0 Å². The molecule has 0 aromatic heterocycles. The van der Waals surface area contributed by atoms with Gasteiger partial charge in [-0.2, -0.15) is 8.78 Å². The fraction of sp³-hybridized carbons (Fsp3) is 0.867. The summed E-state index contributed by atoms with van der Waals surface area (Å²) in [4.78, 5) is 22.5. The summed E-state index contributed by atoms with van der Waals surface area (Å²) in [6.07, 6.45) is 2.39. The number of carbonyl (C=O) groups excluding carboxylic acids is 2. The Morgan fingerprint density at radius 2 is 1.62 bits per heavy atom. The Bertz CT molecular complexity index is 421. The largest absolute Gasteiger partial charge is 0.456 e. The molecule has 0 aliphatic heterocycles. The zero-order valence-electron chi connectivity index (χ0n) is 12.0. The third-order valence-corrected chi connectivity index (χ3v) is 5.60. The second-order valence-electron chi connectivity index (χ2n) is 6.87. The maximum Gasteiger partial charge on any atom is 0.374 e. The number of rotatable bonds is 4. The molecule has 0 spiro atoms. The van der Waals surface area contributed by atoms with Crippen LogP contribution in [-0.2, 0) is 19.1 Å². The van der Waals surface area contributed by atoms with E-state index < -0.39 is 30.6 Å². The predicted molar refractivity (Wildman–Crippen MR) is 68.5 cm³/mol. The van der Waals surface area contributed by atoms with E-state index in [1.165, 1.54) is 6.42 Å². The lowest BCUT2D eigenvalue weighted by molar-refractivity contribution is -0.208. The van der Waals surface area contributed by atoms with Crippen molar-refractivity contribution in [2.24, 2.45) is 23.7 Å². The van der Waals surface area contributed by atoms with E-state index in [1.54, 1.807) is 0 Å². The normalized spacial score (nSPS) is 40.4. The Balaban J connectivity index is 1.59. The number of hydrogen-bond donors (Lipinski definition) is 0. The van der Waals surface area contributed by atoms with Crippen molar-refractivity contribution in [1.82, 2.24) is 0 Å². The molecule has 0 radical (unpaired) electrons. The van der Waals surface area contributed by atoms with Gasteiger partial charge in [-0.1, -0.05) is 0 Å². The van der Waals surface area contributed by atoms with Crippen LogP contribution in [0.5, 0.6) is 0 Å². The minimum atomic E-state index is -3.21. The molecule has 0 N–H and O–H groups in total. The number of ether oxygens (including phenoxy) is 2. The molecule has 4 fully saturated rings. The smallest absolute Gasteiger partial charge is 0.374 e. The summed E-state index contributed by atoms with van der Waals surface area (Å²) in [6, 6.07) is 0. The molecule has 0 aromatic carbocycles. The van der Waals surface area contributed by atoms with Crippen molar-refractivity contribution in [1.29, 1.82) is 0 Å². The number of hydrogen-bond acceptors (Lipinski definition) is 4. The van der Waals surface area contributed by atoms with Crippen LogP contribution in [0.15, 0.2) is 0 Å². The first kappa shape index (κ1) is 14.7. The topological polar surface area (TPSA) is 52.6 Å². The minimum absolute atomic E-state index is 0.350. The molecule has 4 aliphatic rings. The summed E-state index contributed by atoms with van der Waals surface area (Å²) >= 11 is 0. The Morgan fingerprint density at radius 1 is 1.10 bits per heavy atom. The van der Waals surface area contributed by atoms with Crippen molar-refractivity contribution in [3.63, 3.8) is 0 Å². The van der Waals surface area contributed by atoms with Gasteiger partial charge in [0, 0.05) is 0 Å². The van der Waals surface area contributed by atoms with E-state index in [1.807, 2.05) is 6.92 Å². The first-order valence-corrected chi connectivity index (χ1v) is 7.55. The third-order valence-electron chi connectivity index (χ3n) is 5.60. The molecule has 4 saturated carbocycles. The molecule has 0 amide bonds. The van der Waals surface area contributed by atoms with Gasteiger partial charge in [-0.05, 0) is 62.7 Å². The second kappa shape index (κ2) is 5.21. The van der Waals surface area contributed by atoms with E-state index in [2.05, 4.69) is 4.74 Å². The number of carbonyl (C=O) groups is 2. The van der Waals surface area contributed by atoms with E-state index in [9.17, 15) is 18.4 Å². The standard InChI is InChI=1S/C15H20F2O4/c1-15(21-12(18)7-20-14(19)13(16)17)10-3-8-2-9(5-10)6-11(15)4-8/h8-11,13H,2-7H2,1H3. The first-order chi connectivity index (χ1) is 9.88. The van der Waals surface area contributed by atoms with Crippen molar-refractivity contribution < 1.29 is 27.8 Å². The molecule has 0 aromatic rings. The Kier molecular flexibility index (Phi) is 3.66. The summed E-state index contributed by atoms with van der Waals surface area (Å²) in [5.41, 5.74) is -0.526. The molecule has 4 aliphatic carbocycles. The zero-order valence-corrected chi connectivity index (χ0v) is 12.0. The maximum atomic E-state index is 12.0. The minimum Gasteiger partial charge on any atom is -0.456 e. The molecule has 4 nitrogen and oxygen atoms in total. The molecular formula is C15H20F2O4. The van der Waals surface area contributed by atoms with Gasteiger partial charge in [0.1, 0.15) is 5.60 Å². The molecule has 0 unspecified atom stereocenters. The van der Waals surface area contributed by atoms with Crippen LogP contribution < -0.4 is 0 Å². The van der Waals surface area contributed by atoms with E-state index in [0.29, 0.717) is 11.8 Å². The van der Waals surface area contributed by atoms with Gasteiger partial charge in [0.2, 0.25) is 0 Å². The van der Waals surface area contributed by atoms with E-state index >= 15 is 0 Å². The van der Waals surface area contributed by atoms with Crippen LogP contribution in [-0.4, -0.2) is 30.6 Å². The highest BCUT2D eigenvalue weighted by Crippen LogP contribution is 2.59. The summed E-state index contributed by atoms with van der Waals surface area (Å²) in [5.74, 6) is -0.208. The highest BCUT2D eigenvalue weighted by molar-refractivity contribution is 5.78. The molecule has 0 saturated heterocycles. The molecule has 118 valence electrons. The maximum absolute atomic E-state index is 12.0. The lowest BCUT2D eigenvalue weighted by Gasteiger charge is -2.59. The van der Waals surface area contributed by atoms with Gasteiger partial charge in [-0.25, -0.2) is 9.59 Å². The number of halogens is 2. The fourth-order valence-electron chi connectivity index (χ4n) is 4.75. The summed E-state index contributed by atoms with van der Waals surface area (Å²) in [5, 5.41) is 0. The van der Waals surface area contributed by atoms with Gasteiger partial charge in [0.15, 0.2) is 6.61 Å². The molecule has 0 atom stereocenters. The van der Waals surface area contributed by atoms with E-state index in [4.69, 9.17) is 4.74 Å². The van der Waals surface area contributed by atoms with Crippen LogP contribution in [0.3, 0.4) is 0 Å². The van der Waals surface area contributed by atoms with Gasteiger partial charge in [0.25, 0.3) is 0 Å². The Labute approximate surface area is 122 Å². The van der Waals surface area contributed by atoms with Gasteiger partial charge in [-0.3, -0.25) is 0 Å². The average Bonchev–Trinajstić information content (AvgIpc) is 2.41. The van der Waals surface area contributed by atoms with E-state index in [0.717, 1.165) is 37.5 Å². The summed E-state index contributed by atoms with van der Waals surface area (Å²) in [7, 11) is 0. The third kappa shape index (κ3) is 2.64. The summed E-state index contributed by atoms with van der Waals surface area (Å²) < 4.78 is 33.9. The lowest BCUT2D eigenvalue weighted by atomic mass is 9.50. The number of alkyl halides is 2. The van der Waals surface area contributed by atoms with Gasteiger partial charge < -0.3 is 9.47 Å². The highest BCUT2D eigenvalue weighted by Gasteiger charge is 2.57. The first-order valence-electron chi connectivity index (χ1n) is 7.55. The molecule has 6 heteroatoms. The molecule has 4 rings (SSSR count). The van der Waals surface area contributed by atoms with Crippen LogP contribution in [0, 0.1) is 23.7 Å². The molecule has 21 heavy (non-hydrogen) atoms. The van der Waals surface area contributed by atoms with Crippen LogP contribution >= 0.6 is 0 Å². The van der Waals surface area contributed by atoms with Gasteiger partial charge >= 0.3 is 18.4 Å². The molecule has 4 bridgehead atoms. The van der Waals surface area contributed by atoms with Crippen LogP contribution in [0.1, 0.15) is 39.0 Å². The zero-order chi connectivity index (χ0) is 15.2. The van der Waals surface area contributed by atoms with Crippen LogP contribution in [0.2, 0.25) is 0 Å². The van der Waals surface area contributed by atoms with Crippen molar-refractivity contribution in [3.05, 3.63) is 0 Å².